The first-order chi connectivity index (χ1) is 13.2. The molecule has 152 valence electrons. The molecular weight excluding hydrogens is 400 g/mol. The first-order valence-corrected chi connectivity index (χ1v) is 11.1. The molecule has 0 radical (unpaired) electrons. The second-order valence-electron chi connectivity index (χ2n) is 7.39. The fourth-order valence-electron chi connectivity index (χ4n) is 3.54. The zero-order valence-corrected chi connectivity index (χ0v) is 17.8. The van der Waals surface area contributed by atoms with Crippen molar-refractivity contribution in [3.05, 3.63) is 40.4 Å². The van der Waals surface area contributed by atoms with Crippen LogP contribution in [0.15, 0.2) is 34.2 Å². The van der Waals surface area contributed by atoms with E-state index in [1.165, 1.54) is 0 Å². The van der Waals surface area contributed by atoms with Crippen LogP contribution in [0.1, 0.15) is 39.2 Å². The third kappa shape index (κ3) is 4.50. The van der Waals surface area contributed by atoms with Crippen LogP contribution in [-0.2, 0) is 10.0 Å². The van der Waals surface area contributed by atoms with Crippen LogP contribution in [0, 0.1) is 0 Å². The third-order valence-electron chi connectivity index (χ3n) is 4.78. The summed E-state index contributed by atoms with van der Waals surface area (Å²) in [4.78, 5) is 14.1. The number of benzene rings is 1. The fraction of sp³-hybridized carbons (Fsp3) is 0.474. The van der Waals surface area contributed by atoms with Gasteiger partial charge in [0.15, 0.2) is 0 Å². The van der Waals surface area contributed by atoms with Gasteiger partial charge < -0.3 is 15.5 Å². The minimum atomic E-state index is -3.76. The van der Waals surface area contributed by atoms with E-state index < -0.39 is 10.0 Å². The van der Waals surface area contributed by atoms with Gasteiger partial charge in [-0.05, 0) is 51.3 Å². The first-order valence-electron chi connectivity index (χ1n) is 9.31. The molecule has 2 aliphatic rings. The van der Waals surface area contributed by atoms with Gasteiger partial charge in [-0.15, -0.1) is 4.40 Å². The van der Waals surface area contributed by atoms with Crippen molar-refractivity contribution < 1.29 is 13.2 Å². The molecule has 0 saturated carbocycles. The first kappa shape index (κ1) is 20.7. The minimum Gasteiger partial charge on any atom is -0.356 e. The Hall–Kier alpha value is -2.06. The van der Waals surface area contributed by atoms with Crippen molar-refractivity contribution in [2.75, 3.05) is 13.1 Å². The summed E-state index contributed by atoms with van der Waals surface area (Å²) in [5, 5.41) is 6.27. The molecule has 0 unspecified atom stereocenters. The van der Waals surface area contributed by atoms with Crippen LogP contribution in [0.5, 0.6) is 0 Å². The minimum absolute atomic E-state index is 0.0605. The second-order valence-corrected chi connectivity index (χ2v) is 9.37. The zero-order chi connectivity index (χ0) is 20.5. The van der Waals surface area contributed by atoms with E-state index in [0.717, 1.165) is 12.8 Å². The summed E-state index contributed by atoms with van der Waals surface area (Å²) >= 11 is 6.03. The summed E-state index contributed by atoms with van der Waals surface area (Å²) in [5.41, 5.74) is 1.18. The monoisotopic (exact) mass is 424 g/mol. The van der Waals surface area contributed by atoms with Crippen molar-refractivity contribution in [1.82, 2.24) is 15.5 Å². The van der Waals surface area contributed by atoms with E-state index >= 15 is 0 Å². The van der Waals surface area contributed by atoms with Crippen molar-refractivity contribution in [3.8, 4) is 0 Å². The normalized spacial score (nSPS) is 19.8. The number of sulfonamides is 1. The molecule has 0 aromatic heterocycles. The van der Waals surface area contributed by atoms with E-state index in [9.17, 15) is 13.2 Å². The largest absolute Gasteiger partial charge is 0.356 e. The molecule has 9 heteroatoms. The van der Waals surface area contributed by atoms with E-state index in [0.29, 0.717) is 35.1 Å². The van der Waals surface area contributed by atoms with E-state index in [4.69, 9.17) is 11.6 Å². The Morgan fingerprint density at radius 2 is 1.96 bits per heavy atom. The maximum atomic E-state index is 12.7. The molecule has 2 amide bonds. The lowest BCUT2D eigenvalue weighted by atomic mass is 10.0. The van der Waals surface area contributed by atoms with Crippen molar-refractivity contribution in [2.45, 2.75) is 45.7 Å². The third-order valence-corrected chi connectivity index (χ3v) is 6.48. The van der Waals surface area contributed by atoms with Crippen LogP contribution in [0.2, 0.25) is 5.02 Å². The summed E-state index contributed by atoms with van der Waals surface area (Å²) in [6.07, 6.45) is 1.45. The van der Waals surface area contributed by atoms with Crippen LogP contribution in [0.25, 0.3) is 4.91 Å². The van der Waals surface area contributed by atoms with Crippen LogP contribution >= 0.6 is 11.6 Å². The zero-order valence-electron chi connectivity index (χ0n) is 16.2. The molecule has 3 rings (SSSR count). The molecule has 0 aliphatic carbocycles. The highest BCUT2D eigenvalue weighted by Crippen LogP contribution is 2.35. The number of rotatable bonds is 3. The van der Waals surface area contributed by atoms with Gasteiger partial charge in [-0.3, -0.25) is 0 Å². The predicted octanol–water partition coefficient (Wildman–Crippen LogP) is 2.98. The van der Waals surface area contributed by atoms with Gasteiger partial charge >= 0.3 is 6.03 Å². The van der Waals surface area contributed by atoms with Gasteiger partial charge in [0.2, 0.25) is 0 Å². The maximum Gasteiger partial charge on any atom is 0.315 e. The standard InChI is InChI=1S/C19H25ClN4O3S/c1-12(2)21-19(25)22-16-7-9-24(10-8-16)18-13(3)17(28(26,27)23-18)14-5-4-6-15(20)11-14/h4-6,11-12,16H,7-10H2,1-3H3,(H2,21,22,25). The molecule has 2 aliphatic heterocycles. The lowest BCUT2D eigenvalue weighted by Gasteiger charge is -2.34. The highest BCUT2D eigenvalue weighted by atomic mass is 35.5. The quantitative estimate of drug-likeness (QED) is 0.780. The molecule has 0 bridgehead atoms. The number of hydrogen-bond donors (Lipinski definition) is 2. The number of nitrogens with zero attached hydrogens (tertiary/aromatic N) is 2. The van der Waals surface area contributed by atoms with Gasteiger partial charge in [0, 0.05) is 35.8 Å². The van der Waals surface area contributed by atoms with Crippen LogP contribution in [0.3, 0.4) is 0 Å². The molecule has 7 nitrogen and oxygen atoms in total. The molecule has 28 heavy (non-hydrogen) atoms. The molecule has 1 fully saturated rings. The van der Waals surface area contributed by atoms with Gasteiger partial charge in [0.25, 0.3) is 10.0 Å². The number of carbonyl (C=O) groups excluding carboxylic acids is 1. The van der Waals surface area contributed by atoms with Gasteiger partial charge in [0.05, 0.1) is 0 Å². The average molecular weight is 425 g/mol. The Morgan fingerprint density at radius 3 is 2.57 bits per heavy atom. The number of amidine groups is 1. The molecule has 2 N–H and O–H groups in total. The van der Waals surface area contributed by atoms with E-state index in [-0.39, 0.29) is 23.0 Å². The SMILES string of the molecule is CC1=C(c2cccc(Cl)c2)S(=O)(=O)N=C1N1CCC(NC(=O)NC(C)C)CC1. The van der Waals surface area contributed by atoms with Crippen LogP contribution in [0.4, 0.5) is 4.79 Å². The number of likely N-dealkylation sites (tertiary alicyclic amines) is 1. The molecular formula is C19H25ClN4O3S. The molecule has 1 aromatic rings. The number of halogens is 1. The average Bonchev–Trinajstić information content (AvgIpc) is 2.84. The number of piperidine rings is 1. The molecule has 0 spiro atoms. The molecule has 1 aromatic carbocycles. The Bertz CT molecular complexity index is 932. The van der Waals surface area contributed by atoms with Crippen LogP contribution in [-0.4, -0.2) is 50.4 Å². The Balaban J connectivity index is 1.72. The highest BCUT2D eigenvalue weighted by molar-refractivity contribution is 8.00. The number of carbonyl (C=O) groups is 1. The van der Waals surface area contributed by atoms with Gasteiger partial charge in [-0.25, -0.2) is 4.79 Å². The smallest absolute Gasteiger partial charge is 0.315 e. The predicted molar refractivity (Wildman–Crippen MR) is 112 cm³/mol. The fourth-order valence-corrected chi connectivity index (χ4v) is 5.20. The van der Waals surface area contributed by atoms with E-state index in [1.807, 2.05) is 18.7 Å². The molecule has 1 saturated heterocycles. The summed E-state index contributed by atoms with van der Waals surface area (Å²) in [7, 11) is -3.76. The van der Waals surface area contributed by atoms with Crippen molar-refractivity contribution in [3.63, 3.8) is 0 Å². The topological polar surface area (TPSA) is 90.9 Å². The molecule has 2 heterocycles. The maximum absolute atomic E-state index is 12.7. The number of hydrogen-bond acceptors (Lipinski definition) is 4. The number of amides is 2. The van der Waals surface area contributed by atoms with Gasteiger partial charge in [-0.1, -0.05) is 23.7 Å². The van der Waals surface area contributed by atoms with Crippen molar-refractivity contribution >= 4 is 38.4 Å². The lowest BCUT2D eigenvalue weighted by molar-refractivity contribution is 0.224. The summed E-state index contributed by atoms with van der Waals surface area (Å²) in [5.74, 6) is 0.486. The summed E-state index contributed by atoms with van der Waals surface area (Å²) < 4.78 is 29.4. The highest BCUT2D eigenvalue weighted by Gasteiger charge is 2.35. The van der Waals surface area contributed by atoms with Gasteiger partial charge in [0.1, 0.15) is 10.7 Å². The number of nitrogens with one attached hydrogen (secondary N) is 2. The Kier molecular flexibility index (Phi) is 6.00. The Morgan fingerprint density at radius 1 is 1.29 bits per heavy atom. The molecule has 0 atom stereocenters. The number of urea groups is 1. The van der Waals surface area contributed by atoms with Crippen molar-refractivity contribution in [2.24, 2.45) is 4.40 Å². The van der Waals surface area contributed by atoms with Gasteiger partial charge in [-0.2, -0.15) is 8.42 Å². The summed E-state index contributed by atoms with van der Waals surface area (Å²) in [6, 6.07) is 6.77. The Labute approximate surface area is 170 Å². The summed E-state index contributed by atoms with van der Waals surface area (Å²) in [6.45, 7) is 6.85. The lowest BCUT2D eigenvalue weighted by Crippen LogP contribution is -2.50. The second kappa shape index (κ2) is 8.13. The van der Waals surface area contributed by atoms with E-state index in [1.54, 1.807) is 31.2 Å². The van der Waals surface area contributed by atoms with Crippen molar-refractivity contribution in [1.29, 1.82) is 0 Å². The van der Waals surface area contributed by atoms with E-state index in [2.05, 4.69) is 15.0 Å². The van der Waals surface area contributed by atoms with Crippen LogP contribution < -0.4 is 10.6 Å².